The average molecular weight is 293 g/mol. The molecule has 0 saturated carbocycles. The van der Waals surface area contributed by atoms with Gasteiger partial charge in [0.25, 0.3) is 5.91 Å². The first-order valence-electron chi connectivity index (χ1n) is 6.78. The second-order valence-corrected chi connectivity index (χ2v) is 4.97. The number of piperazine rings is 1. The number of nitrogens with zero attached hydrogens (tertiary/aromatic N) is 2. The van der Waals surface area contributed by atoms with Crippen molar-refractivity contribution in [3.63, 3.8) is 0 Å². The second-order valence-electron chi connectivity index (χ2n) is 4.97. The van der Waals surface area contributed by atoms with Gasteiger partial charge in [-0.3, -0.25) is 9.69 Å². The number of nitrogens with two attached hydrogens (primary N) is 1. The van der Waals surface area contributed by atoms with E-state index in [1.54, 1.807) is 4.90 Å². The number of aromatic carboxylic acids is 1. The first-order valence-corrected chi connectivity index (χ1v) is 6.78. The maximum absolute atomic E-state index is 12.5. The standard InChI is InChI=1S/C14H19N3O4/c15-10-1-2-11(12(9-10)14(20)21)13(19)17-5-3-16(4-6-17)7-8-18/h1-2,9,18H,3-8,15H2,(H,20,21). The Kier molecular flexibility index (Phi) is 4.77. The number of β-amino-alcohol motifs (C(OH)–C–C–N with tert-alkyl or cyclic N) is 1. The molecule has 2 rings (SSSR count). The van der Waals surface area contributed by atoms with Gasteiger partial charge >= 0.3 is 5.97 Å². The van der Waals surface area contributed by atoms with Crippen LogP contribution in [0.1, 0.15) is 20.7 Å². The lowest BCUT2D eigenvalue weighted by molar-refractivity contribution is 0.0598. The van der Waals surface area contributed by atoms with Crippen LogP contribution in [0, 0.1) is 0 Å². The minimum Gasteiger partial charge on any atom is -0.478 e. The van der Waals surface area contributed by atoms with E-state index < -0.39 is 5.97 Å². The predicted octanol–water partition coefficient (Wildman–Crippen LogP) is -0.283. The molecule has 1 heterocycles. The van der Waals surface area contributed by atoms with Gasteiger partial charge in [0.15, 0.2) is 0 Å². The molecule has 1 amide bonds. The summed E-state index contributed by atoms with van der Waals surface area (Å²) in [5.74, 6) is -1.46. The third kappa shape index (κ3) is 3.50. The molecule has 0 bridgehead atoms. The Morgan fingerprint density at radius 3 is 2.38 bits per heavy atom. The van der Waals surface area contributed by atoms with Gasteiger partial charge in [-0.15, -0.1) is 0 Å². The van der Waals surface area contributed by atoms with Gasteiger partial charge in [-0.25, -0.2) is 4.79 Å². The molecular formula is C14H19N3O4. The second kappa shape index (κ2) is 6.55. The van der Waals surface area contributed by atoms with Gasteiger partial charge in [0.2, 0.25) is 0 Å². The average Bonchev–Trinajstić information content (AvgIpc) is 2.47. The number of hydrogen-bond acceptors (Lipinski definition) is 5. The van der Waals surface area contributed by atoms with E-state index in [2.05, 4.69) is 4.90 Å². The fourth-order valence-corrected chi connectivity index (χ4v) is 2.41. The Morgan fingerprint density at radius 1 is 1.14 bits per heavy atom. The number of aliphatic hydroxyl groups is 1. The molecule has 1 aliphatic rings. The molecule has 114 valence electrons. The smallest absolute Gasteiger partial charge is 0.336 e. The third-order valence-corrected chi connectivity index (χ3v) is 3.58. The summed E-state index contributed by atoms with van der Waals surface area (Å²) in [6.45, 7) is 3.05. The highest BCUT2D eigenvalue weighted by atomic mass is 16.4. The number of carboxylic acids is 1. The van der Waals surface area contributed by atoms with Crippen LogP contribution in [0.25, 0.3) is 0 Å². The van der Waals surface area contributed by atoms with E-state index in [4.69, 9.17) is 10.8 Å². The highest BCUT2D eigenvalue weighted by Gasteiger charge is 2.25. The highest BCUT2D eigenvalue weighted by molar-refractivity contribution is 6.05. The van der Waals surface area contributed by atoms with Gasteiger partial charge in [0.05, 0.1) is 17.7 Å². The molecule has 4 N–H and O–H groups in total. The van der Waals surface area contributed by atoms with Gasteiger partial charge in [-0.2, -0.15) is 0 Å². The quantitative estimate of drug-likeness (QED) is 0.659. The first kappa shape index (κ1) is 15.3. The molecule has 7 heteroatoms. The molecule has 0 aliphatic carbocycles. The van der Waals surface area contributed by atoms with Gasteiger partial charge in [-0.1, -0.05) is 0 Å². The van der Waals surface area contributed by atoms with E-state index in [-0.39, 0.29) is 23.6 Å². The van der Waals surface area contributed by atoms with E-state index in [0.717, 1.165) is 0 Å². The Labute approximate surface area is 122 Å². The molecule has 0 unspecified atom stereocenters. The number of carbonyl (C=O) groups excluding carboxylic acids is 1. The fraction of sp³-hybridized carbons (Fsp3) is 0.429. The van der Waals surface area contributed by atoms with Crippen molar-refractivity contribution in [2.45, 2.75) is 0 Å². The van der Waals surface area contributed by atoms with Crippen molar-refractivity contribution < 1.29 is 19.8 Å². The third-order valence-electron chi connectivity index (χ3n) is 3.58. The highest BCUT2D eigenvalue weighted by Crippen LogP contribution is 2.17. The Hall–Kier alpha value is -2.12. The molecule has 1 fully saturated rings. The summed E-state index contributed by atoms with van der Waals surface area (Å²) in [6, 6.07) is 4.29. The number of carbonyl (C=O) groups is 2. The van der Waals surface area contributed by atoms with Gasteiger partial charge in [0.1, 0.15) is 0 Å². The summed E-state index contributed by atoms with van der Waals surface area (Å²) in [5.41, 5.74) is 5.98. The monoisotopic (exact) mass is 293 g/mol. The minimum atomic E-state index is -1.16. The zero-order valence-electron chi connectivity index (χ0n) is 11.7. The van der Waals surface area contributed by atoms with Crippen LogP contribution in [-0.4, -0.2) is 71.2 Å². The number of amides is 1. The molecule has 0 spiro atoms. The first-order chi connectivity index (χ1) is 10.0. The fourth-order valence-electron chi connectivity index (χ4n) is 2.41. The molecule has 21 heavy (non-hydrogen) atoms. The molecule has 1 aromatic carbocycles. The largest absolute Gasteiger partial charge is 0.478 e. The summed E-state index contributed by atoms with van der Waals surface area (Å²) in [5, 5.41) is 18.1. The van der Waals surface area contributed by atoms with Gasteiger partial charge in [0, 0.05) is 38.4 Å². The van der Waals surface area contributed by atoms with E-state index in [1.165, 1.54) is 18.2 Å². The van der Waals surface area contributed by atoms with E-state index >= 15 is 0 Å². The minimum absolute atomic E-state index is 0.0715. The Morgan fingerprint density at radius 2 is 1.81 bits per heavy atom. The number of aliphatic hydroxyl groups excluding tert-OH is 1. The summed E-state index contributed by atoms with van der Waals surface area (Å²) in [7, 11) is 0. The van der Waals surface area contributed by atoms with Crippen molar-refractivity contribution in [1.82, 2.24) is 9.80 Å². The SMILES string of the molecule is Nc1ccc(C(=O)N2CCN(CCO)CC2)c(C(=O)O)c1. The molecule has 1 aromatic rings. The van der Waals surface area contributed by atoms with E-state index in [9.17, 15) is 14.7 Å². The maximum Gasteiger partial charge on any atom is 0.336 e. The van der Waals surface area contributed by atoms with Crippen LogP contribution in [0.2, 0.25) is 0 Å². The summed E-state index contributed by atoms with van der Waals surface area (Å²) in [6.07, 6.45) is 0. The Balaban J connectivity index is 2.13. The maximum atomic E-state index is 12.5. The van der Waals surface area contributed by atoms with Crippen molar-refractivity contribution in [1.29, 1.82) is 0 Å². The molecule has 1 saturated heterocycles. The van der Waals surface area contributed by atoms with Crippen LogP contribution in [-0.2, 0) is 0 Å². The predicted molar refractivity (Wildman–Crippen MR) is 77.2 cm³/mol. The van der Waals surface area contributed by atoms with Gasteiger partial charge in [-0.05, 0) is 18.2 Å². The summed E-state index contributed by atoms with van der Waals surface area (Å²) >= 11 is 0. The molecular weight excluding hydrogens is 274 g/mol. The number of nitrogen functional groups attached to an aromatic ring is 1. The van der Waals surface area contributed by atoms with Crippen molar-refractivity contribution in [2.24, 2.45) is 0 Å². The number of anilines is 1. The van der Waals surface area contributed by atoms with E-state index in [1.807, 2.05) is 0 Å². The van der Waals surface area contributed by atoms with Crippen LogP contribution < -0.4 is 5.73 Å². The zero-order valence-corrected chi connectivity index (χ0v) is 11.7. The molecule has 0 aromatic heterocycles. The molecule has 0 atom stereocenters. The van der Waals surface area contributed by atoms with Crippen molar-refractivity contribution in [2.75, 3.05) is 45.1 Å². The number of hydrogen-bond donors (Lipinski definition) is 3. The number of rotatable bonds is 4. The lowest BCUT2D eigenvalue weighted by atomic mass is 10.0. The van der Waals surface area contributed by atoms with Crippen molar-refractivity contribution in [3.05, 3.63) is 29.3 Å². The number of benzene rings is 1. The Bertz CT molecular complexity index is 539. The lowest BCUT2D eigenvalue weighted by Crippen LogP contribution is -2.49. The molecule has 1 aliphatic heterocycles. The topological polar surface area (TPSA) is 107 Å². The van der Waals surface area contributed by atoms with Crippen LogP contribution in [0.5, 0.6) is 0 Å². The summed E-state index contributed by atoms with van der Waals surface area (Å²) < 4.78 is 0. The van der Waals surface area contributed by atoms with Gasteiger partial charge < -0.3 is 20.8 Å². The van der Waals surface area contributed by atoms with E-state index in [0.29, 0.717) is 38.4 Å². The molecule has 0 radical (unpaired) electrons. The van der Waals surface area contributed by atoms with Crippen LogP contribution >= 0.6 is 0 Å². The zero-order chi connectivity index (χ0) is 15.4. The van der Waals surface area contributed by atoms with Crippen molar-refractivity contribution >= 4 is 17.6 Å². The van der Waals surface area contributed by atoms with Crippen LogP contribution in [0.4, 0.5) is 5.69 Å². The van der Waals surface area contributed by atoms with Crippen LogP contribution in [0.3, 0.4) is 0 Å². The lowest BCUT2D eigenvalue weighted by Gasteiger charge is -2.34. The number of carboxylic acid groups (broad SMARTS) is 1. The normalized spacial score (nSPS) is 16.0. The summed E-state index contributed by atoms with van der Waals surface area (Å²) in [4.78, 5) is 27.4. The van der Waals surface area contributed by atoms with Crippen LogP contribution in [0.15, 0.2) is 18.2 Å². The van der Waals surface area contributed by atoms with Crippen molar-refractivity contribution in [3.8, 4) is 0 Å². The molecule has 7 nitrogen and oxygen atoms in total.